The predicted octanol–water partition coefficient (Wildman–Crippen LogP) is 3.09. The Morgan fingerprint density at radius 2 is 1.44 bits per heavy atom. The molecule has 0 atom stereocenters. The monoisotopic (exact) mass is 309 g/mol. The summed E-state index contributed by atoms with van der Waals surface area (Å²) in [5.41, 5.74) is 7.27. The largest absolute Gasteiger partial charge is 2.00 e. The van der Waals surface area contributed by atoms with E-state index >= 15 is 0 Å². The van der Waals surface area contributed by atoms with Crippen LogP contribution in [0.4, 0.5) is 0 Å². The van der Waals surface area contributed by atoms with Gasteiger partial charge in [0.2, 0.25) is 0 Å². The molecule has 0 bridgehead atoms. The Labute approximate surface area is 71.4 Å². The molecule has 1 aliphatic rings. The first-order valence-electron chi connectivity index (χ1n) is 3.11. The quantitative estimate of drug-likeness (QED) is 0.660. The van der Waals surface area contributed by atoms with Crippen LogP contribution in [0.15, 0.2) is 0 Å². The van der Waals surface area contributed by atoms with Crippen molar-refractivity contribution in [2.45, 2.75) is 38.1 Å². The summed E-state index contributed by atoms with van der Waals surface area (Å²) < 4.78 is 0. The van der Waals surface area contributed by atoms with E-state index < -0.39 is 0 Å². The van der Waals surface area contributed by atoms with Crippen molar-refractivity contribution in [1.82, 2.24) is 0 Å². The van der Waals surface area contributed by atoms with Gasteiger partial charge in [-0.05, 0) is 0 Å². The maximum Gasteiger partial charge on any atom is 2.00 e. The summed E-state index contributed by atoms with van der Waals surface area (Å²) in [6, 6.07) is 0.286. The average molecular weight is 309 g/mol. The third-order valence-corrected chi connectivity index (χ3v) is 1.61. The third-order valence-electron chi connectivity index (χ3n) is 1.61. The molecule has 0 unspecified atom stereocenters. The van der Waals surface area contributed by atoms with Gasteiger partial charge in [0.1, 0.15) is 0 Å². The number of rotatable bonds is 0. The average Bonchev–Trinajstić information content (AvgIpc) is 1.69. The molecule has 0 aliphatic heterocycles. The Morgan fingerprint density at radius 1 is 1.00 bits per heavy atom. The SMILES string of the molecule is [NH-]C1CCCCC1.[NH2-].[Pt+2]. The van der Waals surface area contributed by atoms with Crippen LogP contribution in [-0.2, 0) is 21.1 Å². The Hall–Kier alpha value is 0.608. The van der Waals surface area contributed by atoms with Crippen LogP contribution in [0.25, 0.3) is 11.9 Å². The van der Waals surface area contributed by atoms with Gasteiger partial charge in [-0.25, -0.2) is 0 Å². The van der Waals surface area contributed by atoms with E-state index in [2.05, 4.69) is 0 Å². The van der Waals surface area contributed by atoms with Gasteiger partial charge in [-0.2, -0.15) is 0 Å². The minimum Gasteiger partial charge on any atom is -0.693 e. The molecule has 9 heavy (non-hydrogen) atoms. The fraction of sp³-hybridized carbons (Fsp3) is 1.00. The van der Waals surface area contributed by atoms with Crippen LogP contribution in [0, 0.1) is 0 Å². The van der Waals surface area contributed by atoms with Crippen molar-refractivity contribution in [3.05, 3.63) is 11.9 Å². The Bertz CT molecular complexity index is 53.0. The molecule has 1 aliphatic carbocycles. The smallest absolute Gasteiger partial charge is 0.693 e. The van der Waals surface area contributed by atoms with E-state index in [-0.39, 0.29) is 33.3 Å². The first kappa shape index (κ1) is 12.3. The summed E-state index contributed by atoms with van der Waals surface area (Å²) in [4.78, 5) is 0. The topological polar surface area (TPSA) is 57.3 Å². The maximum absolute atomic E-state index is 7.27. The van der Waals surface area contributed by atoms with E-state index in [0.717, 1.165) is 12.8 Å². The van der Waals surface area contributed by atoms with E-state index in [4.69, 9.17) is 5.73 Å². The molecule has 3 N–H and O–H groups in total. The first-order valence-corrected chi connectivity index (χ1v) is 3.11. The van der Waals surface area contributed by atoms with E-state index in [1.165, 1.54) is 19.3 Å². The van der Waals surface area contributed by atoms with Crippen molar-refractivity contribution in [3.8, 4) is 0 Å². The molecule has 0 aromatic carbocycles. The van der Waals surface area contributed by atoms with Crippen molar-refractivity contribution in [2.75, 3.05) is 0 Å². The first-order chi connectivity index (χ1) is 3.39. The number of hydrogen-bond donors (Lipinski definition) is 0. The molecule has 2 nitrogen and oxygen atoms in total. The van der Waals surface area contributed by atoms with Crippen LogP contribution >= 0.6 is 0 Å². The minimum absolute atomic E-state index is 0. The molecule has 0 heterocycles. The van der Waals surface area contributed by atoms with E-state index in [9.17, 15) is 0 Å². The maximum atomic E-state index is 7.27. The van der Waals surface area contributed by atoms with E-state index in [0.29, 0.717) is 0 Å². The van der Waals surface area contributed by atoms with Gasteiger partial charge in [-0.15, -0.1) is 6.04 Å². The van der Waals surface area contributed by atoms with Crippen LogP contribution < -0.4 is 0 Å². The molecule has 0 amide bonds. The predicted molar refractivity (Wildman–Crippen MR) is 36.5 cm³/mol. The molecular weight excluding hydrogens is 295 g/mol. The van der Waals surface area contributed by atoms with Gasteiger partial charge in [-0.1, -0.05) is 32.1 Å². The molecule has 0 radical (unpaired) electrons. The Morgan fingerprint density at radius 3 is 1.67 bits per heavy atom. The molecule has 3 heteroatoms. The Kier molecular flexibility index (Phi) is 9.19. The van der Waals surface area contributed by atoms with Gasteiger partial charge in [0.25, 0.3) is 0 Å². The van der Waals surface area contributed by atoms with Crippen LogP contribution in [-0.4, -0.2) is 6.04 Å². The van der Waals surface area contributed by atoms with Gasteiger partial charge in [-0.3, -0.25) is 0 Å². The second kappa shape index (κ2) is 6.72. The number of hydrogen-bond acceptors (Lipinski definition) is 0. The molecule has 0 aromatic rings. The summed E-state index contributed by atoms with van der Waals surface area (Å²) in [5, 5.41) is 0. The second-order valence-electron chi connectivity index (χ2n) is 2.33. The van der Waals surface area contributed by atoms with Gasteiger partial charge in [0, 0.05) is 0 Å². The van der Waals surface area contributed by atoms with Crippen LogP contribution in [0.5, 0.6) is 0 Å². The molecule has 0 saturated heterocycles. The van der Waals surface area contributed by atoms with Crippen LogP contribution in [0.1, 0.15) is 32.1 Å². The number of nitrogens with two attached hydrogens (primary N) is 1. The van der Waals surface area contributed by atoms with Gasteiger partial charge < -0.3 is 11.9 Å². The van der Waals surface area contributed by atoms with Crippen LogP contribution in [0.2, 0.25) is 0 Å². The van der Waals surface area contributed by atoms with Crippen molar-refractivity contribution in [2.24, 2.45) is 0 Å². The summed E-state index contributed by atoms with van der Waals surface area (Å²) in [6.07, 6.45) is 6.28. The number of nitrogens with one attached hydrogen (secondary N) is 1. The molecule has 1 saturated carbocycles. The van der Waals surface area contributed by atoms with Gasteiger partial charge >= 0.3 is 21.1 Å². The summed E-state index contributed by atoms with van der Waals surface area (Å²) in [5.74, 6) is 0. The van der Waals surface area contributed by atoms with Gasteiger partial charge in [0.15, 0.2) is 0 Å². The standard InChI is InChI=1S/C6H12N.H2N.Pt/c7-6-4-2-1-3-5-6;;/h6-7H,1-5H2;1H2;/q2*-1;+2. The van der Waals surface area contributed by atoms with Gasteiger partial charge in [0.05, 0.1) is 0 Å². The fourth-order valence-corrected chi connectivity index (χ4v) is 1.10. The van der Waals surface area contributed by atoms with Crippen molar-refractivity contribution in [1.29, 1.82) is 0 Å². The zero-order valence-corrected chi connectivity index (χ0v) is 7.78. The Balaban J connectivity index is 0. The second-order valence-corrected chi connectivity index (χ2v) is 2.33. The van der Waals surface area contributed by atoms with Crippen molar-refractivity contribution >= 4 is 0 Å². The minimum atomic E-state index is 0. The van der Waals surface area contributed by atoms with Crippen molar-refractivity contribution in [3.63, 3.8) is 0 Å². The summed E-state index contributed by atoms with van der Waals surface area (Å²) >= 11 is 0. The third kappa shape index (κ3) is 5.07. The molecule has 58 valence electrons. The zero-order chi connectivity index (χ0) is 5.11. The fourth-order valence-electron chi connectivity index (χ4n) is 1.10. The van der Waals surface area contributed by atoms with E-state index in [1.54, 1.807) is 0 Å². The molecule has 0 spiro atoms. The van der Waals surface area contributed by atoms with Crippen LogP contribution in [0.3, 0.4) is 0 Å². The zero-order valence-electron chi connectivity index (χ0n) is 5.51. The summed E-state index contributed by atoms with van der Waals surface area (Å²) in [7, 11) is 0. The molecular formula is C6H14N2Pt. The normalized spacial score (nSPS) is 19.7. The molecule has 1 rings (SSSR count). The molecule has 1 fully saturated rings. The van der Waals surface area contributed by atoms with Crippen molar-refractivity contribution < 1.29 is 21.1 Å². The van der Waals surface area contributed by atoms with E-state index in [1.807, 2.05) is 0 Å². The summed E-state index contributed by atoms with van der Waals surface area (Å²) in [6.45, 7) is 0. The molecule has 0 aromatic heterocycles.